The molecular formula is C20H26FN3O. The van der Waals surface area contributed by atoms with Gasteiger partial charge in [0.25, 0.3) is 0 Å². The predicted octanol–water partition coefficient (Wildman–Crippen LogP) is 3.70. The van der Waals surface area contributed by atoms with Gasteiger partial charge in [-0.1, -0.05) is 18.2 Å². The minimum absolute atomic E-state index is 0.190. The van der Waals surface area contributed by atoms with Crippen LogP contribution in [0.2, 0.25) is 0 Å². The number of hydrogen-bond donors (Lipinski definition) is 0. The maximum absolute atomic E-state index is 13.5. The fourth-order valence-corrected chi connectivity index (χ4v) is 3.34. The summed E-state index contributed by atoms with van der Waals surface area (Å²) in [6, 6.07) is 6.83. The Morgan fingerprint density at radius 2 is 2.32 bits per heavy atom. The van der Waals surface area contributed by atoms with E-state index in [9.17, 15) is 4.39 Å². The lowest BCUT2D eigenvalue weighted by Crippen LogP contribution is -2.31. The summed E-state index contributed by atoms with van der Waals surface area (Å²) in [7, 11) is 0. The second kappa shape index (κ2) is 8.41. The van der Waals surface area contributed by atoms with E-state index in [1.54, 1.807) is 12.1 Å². The number of aromatic nitrogens is 2. The highest BCUT2D eigenvalue weighted by molar-refractivity contribution is 5.19. The third-order valence-electron chi connectivity index (χ3n) is 4.68. The fraction of sp³-hybridized carbons (Fsp3) is 0.450. The zero-order valence-corrected chi connectivity index (χ0v) is 14.8. The van der Waals surface area contributed by atoms with Crippen molar-refractivity contribution in [3.8, 4) is 0 Å². The van der Waals surface area contributed by atoms with Crippen LogP contribution >= 0.6 is 0 Å². The summed E-state index contributed by atoms with van der Waals surface area (Å²) < 4.78 is 21.3. The first-order valence-corrected chi connectivity index (χ1v) is 8.86. The van der Waals surface area contributed by atoms with Gasteiger partial charge in [-0.05, 0) is 37.5 Å². The Labute approximate surface area is 148 Å². The summed E-state index contributed by atoms with van der Waals surface area (Å²) >= 11 is 0. The topological polar surface area (TPSA) is 30.3 Å². The van der Waals surface area contributed by atoms with Gasteiger partial charge in [0.1, 0.15) is 5.82 Å². The van der Waals surface area contributed by atoms with E-state index in [1.807, 2.05) is 23.0 Å². The number of nitrogens with zero attached hydrogens (tertiary/aromatic N) is 3. The van der Waals surface area contributed by atoms with Crippen LogP contribution in [0.25, 0.3) is 0 Å². The molecule has 0 aliphatic carbocycles. The normalized spacial score (nSPS) is 17.3. The second-order valence-electron chi connectivity index (χ2n) is 6.66. The summed E-state index contributed by atoms with van der Waals surface area (Å²) in [5, 5.41) is 4.44. The van der Waals surface area contributed by atoms with Gasteiger partial charge in [-0.3, -0.25) is 9.58 Å². The van der Waals surface area contributed by atoms with Gasteiger partial charge in [-0.15, -0.1) is 6.58 Å². The van der Waals surface area contributed by atoms with Crippen LogP contribution < -0.4 is 0 Å². The van der Waals surface area contributed by atoms with Gasteiger partial charge >= 0.3 is 0 Å². The van der Waals surface area contributed by atoms with E-state index in [2.05, 4.69) is 23.5 Å². The first-order valence-electron chi connectivity index (χ1n) is 8.86. The molecule has 0 spiro atoms. The minimum Gasteiger partial charge on any atom is -0.377 e. The van der Waals surface area contributed by atoms with Crippen molar-refractivity contribution < 1.29 is 9.13 Å². The van der Waals surface area contributed by atoms with Crippen LogP contribution in [0, 0.1) is 12.7 Å². The highest BCUT2D eigenvalue weighted by atomic mass is 19.1. The molecule has 4 nitrogen and oxygen atoms in total. The molecule has 1 aliphatic rings. The third kappa shape index (κ3) is 4.77. The van der Waals surface area contributed by atoms with E-state index in [4.69, 9.17) is 4.74 Å². The Hall–Kier alpha value is -1.98. The number of allylic oxidation sites excluding steroid dienone is 1. The first kappa shape index (κ1) is 17.8. The molecule has 0 bridgehead atoms. The van der Waals surface area contributed by atoms with Crippen LogP contribution in [-0.2, 0) is 24.4 Å². The Kier molecular flexibility index (Phi) is 6.00. The lowest BCUT2D eigenvalue weighted by molar-refractivity contribution is 0.0678. The SMILES string of the molecule is C=CCn1ncc(CN(Cc2cccc(F)c2)CC2CCCO2)c1C. The molecule has 0 N–H and O–H groups in total. The Balaban J connectivity index is 1.74. The molecule has 134 valence electrons. The van der Waals surface area contributed by atoms with E-state index >= 15 is 0 Å². The standard InChI is InChI=1S/C20H26FN3O/c1-3-9-24-16(2)18(12-22-24)14-23(15-20-8-5-10-25-20)13-17-6-4-7-19(21)11-17/h3-4,6-7,11-12,20H,1,5,8-10,13-15H2,2H3. The second-order valence-corrected chi connectivity index (χ2v) is 6.66. The monoisotopic (exact) mass is 343 g/mol. The van der Waals surface area contributed by atoms with Crippen molar-refractivity contribution >= 4 is 0 Å². The third-order valence-corrected chi connectivity index (χ3v) is 4.68. The first-order chi connectivity index (χ1) is 12.2. The fourth-order valence-electron chi connectivity index (χ4n) is 3.34. The number of halogens is 1. The molecule has 1 fully saturated rings. The smallest absolute Gasteiger partial charge is 0.123 e. The zero-order valence-electron chi connectivity index (χ0n) is 14.8. The molecule has 2 aromatic rings. The van der Waals surface area contributed by atoms with Crippen LogP contribution in [0.15, 0.2) is 43.1 Å². The molecule has 1 aromatic heterocycles. The average Bonchev–Trinajstić information content (AvgIpc) is 3.20. The minimum atomic E-state index is -0.190. The van der Waals surface area contributed by atoms with Crippen LogP contribution in [-0.4, -0.2) is 33.9 Å². The highest BCUT2D eigenvalue weighted by Gasteiger charge is 2.21. The van der Waals surface area contributed by atoms with Gasteiger partial charge in [0, 0.05) is 37.5 Å². The maximum atomic E-state index is 13.5. The number of ether oxygens (including phenoxy) is 1. The quantitative estimate of drug-likeness (QED) is 0.685. The summed E-state index contributed by atoms with van der Waals surface area (Å²) in [5.74, 6) is -0.190. The molecule has 1 aromatic carbocycles. The highest BCUT2D eigenvalue weighted by Crippen LogP contribution is 2.19. The molecule has 3 rings (SSSR count). The zero-order chi connectivity index (χ0) is 17.6. The Bertz CT molecular complexity index is 707. The van der Waals surface area contributed by atoms with Crippen molar-refractivity contribution in [3.05, 3.63) is 65.8 Å². The molecular weight excluding hydrogens is 317 g/mol. The molecule has 0 amide bonds. The van der Waals surface area contributed by atoms with Gasteiger partial charge in [-0.25, -0.2) is 4.39 Å². The van der Waals surface area contributed by atoms with E-state index in [-0.39, 0.29) is 11.9 Å². The molecule has 0 radical (unpaired) electrons. The average molecular weight is 343 g/mol. The molecule has 5 heteroatoms. The molecule has 1 saturated heterocycles. The molecule has 1 aliphatic heterocycles. The lowest BCUT2D eigenvalue weighted by Gasteiger charge is -2.25. The number of hydrogen-bond acceptors (Lipinski definition) is 3. The molecule has 1 unspecified atom stereocenters. The largest absolute Gasteiger partial charge is 0.377 e. The summed E-state index contributed by atoms with van der Waals surface area (Å²) in [6.45, 7) is 9.74. The lowest BCUT2D eigenvalue weighted by atomic mass is 10.1. The van der Waals surface area contributed by atoms with Crippen molar-refractivity contribution in [2.45, 2.75) is 45.5 Å². The maximum Gasteiger partial charge on any atom is 0.123 e. The van der Waals surface area contributed by atoms with Crippen LogP contribution in [0.4, 0.5) is 4.39 Å². The Morgan fingerprint density at radius 3 is 3.04 bits per heavy atom. The van der Waals surface area contributed by atoms with E-state index < -0.39 is 0 Å². The van der Waals surface area contributed by atoms with E-state index in [0.717, 1.165) is 43.8 Å². The predicted molar refractivity (Wildman–Crippen MR) is 96.6 cm³/mol. The molecule has 0 saturated carbocycles. The van der Waals surface area contributed by atoms with Crippen molar-refractivity contribution in [1.82, 2.24) is 14.7 Å². The molecule has 2 heterocycles. The number of benzene rings is 1. The van der Waals surface area contributed by atoms with E-state index in [1.165, 1.54) is 11.6 Å². The van der Waals surface area contributed by atoms with Crippen molar-refractivity contribution in [3.63, 3.8) is 0 Å². The molecule has 25 heavy (non-hydrogen) atoms. The number of rotatable bonds is 8. The van der Waals surface area contributed by atoms with Crippen LogP contribution in [0.3, 0.4) is 0 Å². The van der Waals surface area contributed by atoms with Gasteiger partial charge in [0.2, 0.25) is 0 Å². The van der Waals surface area contributed by atoms with Crippen molar-refractivity contribution in [1.29, 1.82) is 0 Å². The van der Waals surface area contributed by atoms with Gasteiger partial charge in [-0.2, -0.15) is 5.10 Å². The van der Waals surface area contributed by atoms with Crippen molar-refractivity contribution in [2.75, 3.05) is 13.2 Å². The van der Waals surface area contributed by atoms with Gasteiger partial charge < -0.3 is 4.74 Å². The van der Waals surface area contributed by atoms with Gasteiger partial charge in [0.05, 0.1) is 18.8 Å². The van der Waals surface area contributed by atoms with Crippen LogP contribution in [0.5, 0.6) is 0 Å². The summed E-state index contributed by atoms with van der Waals surface area (Å²) in [6.07, 6.45) is 6.24. The molecule has 1 atom stereocenters. The summed E-state index contributed by atoms with van der Waals surface area (Å²) in [4.78, 5) is 2.33. The Morgan fingerprint density at radius 1 is 1.44 bits per heavy atom. The van der Waals surface area contributed by atoms with Crippen molar-refractivity contribution in [2.24, 2.45) is 0 Å². The van der Waals surface area contributed by atoms with Gasteiger partial charge in [0.15, 0.2) is 0 Å². The van der Waals surface area contributed by atoms with E-state index in [0.29, 0.717) is 13.1 Å². The van der Waals surface area contributed by atoms with Crippen LogP contribution in [0.1, 0.15) is 29.7 Å². The summed E-state index contributed by atoms with van der Waals surface area (Å²) in [5.41, 5.74) is 3.32.